The SMILES string of the molecule is CCCNC(Cc1cc(F)cc(Br)c1)C(C)C(C)C. The Morgan fingerprint density at radius 1 is 1.21 bits per heavy atom. The van der Waals surface area contributed by atoms with Crippen molar-refractivity contribution < 1.29 is 4.39 Å². The van der Waals surface area contributed by atoms with Crippen molar-refractivity contribution in [2.24, 2.45) is 11.8 Å². The molecule has 19 heavy (non-hydrogen) atoms. The Kier molecular flexibility index (Phi) is 7.01. The highest BCUT2D eigenvalue weighted by Gasteiger charge is 2.20. The van der Waals surface area contributed by atoms with Gasteiger partial charge in [-0.3, -0.25) is 0 Å². The van der Waals surface area contributed by atoms with E-state index in [-0.39, 0.29) is 5.82 Å². The molecular formula is C16H25BrFN. The number of hydrogen-bond donors (Lipinski definition) is 1. The van der Waals surface area contributed by atoms with E-state index in [1.54, 1.807) is 6.07 Å². The van der Waals surface area contributed by atoms with E-state index in [1.807, 2.05) is 6.07 Å². The summed E-state index contributed by atoms with van der Waals surface area (Å²) in [4.78, 5) is 0. The minimum Gasteiger partial charge on any atom is -0.313 e. The summed E-state index contributed by atoms with van der Waals surface area (Å²) in [6.07, 6.45) is 1.99. The lowest BCUT2D eigenvalue weighted by atomic mass is 9.86. The lowest BCUT2D eigenvalue weighted by molar-refractivity contribution is 0.297. The van der Waals surface area contributed by atoms with E-state index in [9.17, 15) is 4.39 Å². The molecule has 0 fully saturated rings. The maximum atomic E-state index is 13.4. The van der Waals surface area contributed by atoms with Crippen LogP contribution in [0.1, 0.15) is 39.7 Å². The van der Waals surface area contributed by atoms with Crippen molar-refractivity contribution in [3.63, 3.8) is 0 Å². The second-order valence-corrected chi connectivity index (χ2v) is 6.56. The molecule has 0 radical (unpaired) electrons. The first-order valence-corrected chi connectivity index (χ1v) is 7.91. The second kappa shape index (κ2) is 8.01. The molecule has 0 bridgehead atoms. The standard InChI is InChI=1S/C16H25BrFN/c1-5-6-19-16(12(4)11(2)3)9-13-7-14(17)10-15(18)8-13/h7-8,10-12,16,19H,5-6,9H2,1-4H3. The molecule has 0 amide bonds. The van der Waals surface area contributed by atoms with Crippen LogP contribution in [-0.4, -0.2) is 12.6 Å². The number of benzene rings is 1. The van der Waals surface area contributed by atoms with Gasteiger partial charge in [0.2, 0.25) is 0 Å². The van der Waals surface area contributed by atoms with Gasteiger partial charge >= 0.3 is 0 Å². The number of halogens is 2. The predicted octanol–water partition coefficient (Wildman–Crippen LogP) is 4.79. The fourth-order valence-electron chi connectivity index (χ4n) is 2.22. The zero-order chi connectivity index (χ0) is 14.4. The molecule has 0 aliphatic carbocycles. The molecule has 0 aliphatic heterocycles. The molecule has 1 aromatic rings. The molecule has 1 N–H and O–H groups in total. The van der Waals surface area contributed by atoms with E-state index < -0.39 is 0 Å². The number of rotatable bonds is 7. The Labute approximate surface area is 125 Å². The first-order chi connectivity index (χ1) is 8.93. The third-order valence-electron chi connectivity index (χ3n) is 3.72. The van der Waals surface area contributed by atoms with E-state index in [0.29, 0.717) is 17.9 Å². The van der Waals surface area contributed by atoms with Crippen molar-refractivity contribution in [3.05, 3.63) is 34.1 Å². The van der Waals surface area contributed by atoms with Gasteiger partial charge in [0.25, 0.3) is 0 Å². The second-order valence-electron chi connectivity index (χ2n) is 5.65. The van der Waals surface area contributed by atoms with Gasteiger partial charge < -0.3 is 5.32 Å². The van der Waals surface area contributed by atoms with Crippen molar-refractivity contribution in [2.45, 2.75) is 46.6 Å². The van der Waals surface area contributed by atoms with Crippen LogP contribution in [0.3, 0.4) is 0 Å². The van der Waals surface area contributed by atoms with Crippen LogP contribution in [0, 0.1) is 17.7 Å². The van der Waals surface area contributed by atoms with Crippen LogP contribution >= 0.6 is 15.9 Å². The fourth-order valence-corrected chi connectivity index (χ4v) is 2.73. The maximum absolute atomic E-state index is 13.4. The van der Waals surface area contributed by atoms with Crippen molar-refractivity contribution in [3.8, 4) is 0 Å². The van der Waals surface area contributed by atoms with Gasteiger partial charge in [-0.25, -0.2) is 4.39 Å². The van der Waals surface area contributed by atoms with E-state index >= 15 is 0 Å². The molecule has 0 aliphatic rings. The monoisotopic (exact) mass is 329 g/mol. The zero-order valence-corrected chi connectivity index (χ0v) is 13.9. The van der Waals surface area contributed by atoms with Crippen LogP contribution in [0.4, 0.5) is 4.39 Å². The Morgan fingerprint density at radius 3 is 2.42 bits per heavy atom. The zero-order valence-electron chi connectivity index (χ0n) is 12.3. The van der Waals surface area contributed by atoms with Crippen LogP contribution < -0.4 is 5.32 Å². The Balaban J connectivity index is 2.80. The topological polar surface area (TPSA) is 12.0 Å². The van der Waals surface area contributed by atoms with Crippen LogP contribution in [-0.2, 0) is 6.42 Å². The number of nitrogens with one attached hydrogen (secondary N) is 1. The molecule has 3 heteroatoms. The molecule has 2 atom stereocenters. The maximum Gasteiger partial charge on any atom is 0.124 e. The van der Waals surface area contributed by atoms with Gasteiger partial charge in [-0.15, -0.1) is 0 Å². The molecule has 0 saturated heterocycles. The average molecular weight is 330 g/mol. The van der Waals surface area contributed by atoms with E-state index in [2.05, 4.69) is 48.9 Å². The van der Waals surface area contributed by atoms with Gasteiger partial charge in [0.1, 0.15) is 5.82 Å². The van der Waals surface area contributed by atoms with Crippen LogP contribution in [0.15, 0.2) is 22.7 Å². The van der Waals surface area contributed by atoms with Crippen LogP contribution in [0.2, 0.25) is 0 Å². The third kappa shape index (κ3) is 5.62. The molecule has 0 saturated carbocycles. The summed E-state index contributed by atoms with van der Waals surface area (Å²) in [5, 5.41) is 3.60. The minimum absolute atomic E-state index is 0.171. The summed E-state index contributed by atoms with van der Waals surface area (Å²) in [7, 11) is 0. The summed E-state index contributed by atoms with van der Waals surface area (Å²) in [6, 6.07) is 5.55. The van der Waals surface area contributed by atoms with Crippen molar-refractivity contribution >= 4 is 15.9 Å². The predicted molar refractivity (Wildman–Crippen MR) is 83.9 cm³/mol. The molecule has 0 heterocycles. The van der Waals surface area contributed by atoms with Gasteiger partial charge in [0.15, 0.2) is 0 Å². The van der Waals surface area contributed by atoms with E-state index in [1.165, 1.54) is 6.07 Å². The highest BCUT2D eigenvalue weighted by molar-refractivity contribution is 9.10. The number of hydrogen-bond acceptors (Lipinski definition) is 1. The summed E-state index contributed by atoms with van der Waals surface area (Å²) in [5.41, 5.74) is 1.05. The van der Waals surface area contributed by atoms with Crippen molar-refractivity contribution in [2.75, 3.05) is 6.54 Å². The molecule has 0 spiro atoms. The third-order valence-corrected chi connectivity index (χ3v) is 4.18. The molecule has 108 valence electrons. The van der Waals surface area contributed by atoms with Gasteiger partial charge in [0.05, 0.1) is 0 Å². The lowest BCUT2D eigenvalue weighted by Gasteiger charge is -2.28. The summed E-state index contributed by atoms with van der Waals surface area (Å²) < 4.78 is 14.3. The quantitative estimate of drug-likeness (QED) is 0.758. The Morgan fingerprint density at radius 2 is 1.89 bits per heavy atom. The first-order valence-electron chi connectivity index (χ1n) is 7.12. The Bertz CT molecular complexity index is 372. The molecular weight excluding hydrogens is 305 g/mol. The molecule has 1 nitrogen and oxygen atoms in total. The average Bonchev–Trinajstić information content (AvgIpc) is 2.32. The first kappa shape index (κ1) is 16.6. The van der Waals surface area contributed by atoms with Gasteiger partial charge in [-0.2, -0.15) is 0 Å². The van der Waals surface area contributed by atoms with E-state index in [0.717, 1.165) is 29.4 Å². The van der Waals surface area contributed by atoms with Crippen LogP contribution in [0.25, 0.3) is 0 Å². The normalized spacial score (nSPS) is 14.7. The minimum atomic E-state index is -0.171. The highest BCUT2D eigenvalue weighted by atomic mass is 79.9. The smallest absolute Gasteiger partial charge is 0.124 e. The highest BCUT2D eigenvalue weighted by Crippen LogP contribution is 2.21. The molecule has 1 aromatic carbocycles. The molecule has 0 aromatic heterocycles. The Hall–Kier alpha value is -0.410. The molecule has 2 unspecified atom stereocenters. The van der Waals surface area contributed by atoms with Crippen molar-refractivity contribution in [1.29, 1.82) is 0 Å². The summed E-state index contributed by atoms with van der Waals surface area (Å²) in [5.74, 6) is 1.01. The summed E-state index contributed by atoms with van der Waals surface area (Å²) >= 11 is 3.36. The largest absolute Gasteiger partial charge is 0.313 e. The van der Waals surface area contributed by atoms with Crippen LogP contribution in [0.5, 0.6) is 0 Å². The fraction of sp³-hybridized carbons (Fsp3) is 0.625. The van der Waals surface area contributed by atoms with Gasteiger partial charge in [0, 0.05) is 10.5 Å². The molecule has 1 rings (SSSR count). The van der Waals surface area contributed by atoms with Gasteiger partial charge in [-0.1, -0.05) is 43.6 Å². The van der Waals surface area contributed by atoms with Crippen molar-refractivity contribution in [1.82, 2.24) is 5.32 Å². The summed E-state index contributed by atoms with van der Waals surface area (Å²) in [6.45, 7) is 9.94. The van der Waals surface area contributed by atoms with Gasteiger partial charge in [-0.05, 0) is 55.0 Å². The van der Waals surface area contributed by atoms with E-state index in [4.69, 9.17) is 0 Å². The lowest BCUT2D eigenvalue weighted by Crippen LogP contribution is -2.39.